The lowest BCUT2D eigenvalue weighted by atomic mass is 10.1. The van der Waals surface area contributed by atoms with Crippen LogP contribution in [0.5, 0.6) is 0 Å². The van der Waals surface area contributed by atoms with E-state index in [-0.39, 0.29) is 5.97 Å². The first-order chi connectivity index (χ1) is 9.31. The van der Waals surface area contributed by atoms with Crippen molar-refractivity contribution in [1.82, 2.24) is 0 Å². The fraction of sp³-hybridized carbons (Fsp3) is 0.706. The van der Waals surface area contributed by atoms with E-state index in [9.17, 15) is 4.79 Å². The van der Waals surface area contributed by atoms with Gasteiger partial charge < -0.3 is 4.74 Å². The number of carbonyl (C=O) groups excluding carboxylic acids is 1. The maximum atomic E-state index is 10.8. The highest BCUT2D eigenvalue weighted by atomic mass is 16.5. The molecule has 0 atom stereocenters. The Hall–Kier alpha value is -1.05. The lowest BCUT2D eigenvalue weighted by Gasteiger charge is -2.00. The number of ether oxygens (including phenoxy) is 1. The van der Waals surface area contributed by atoms with E-state index in [4.69, 9.17) is 4.74 Å². The van der Waals surface area contributed by atoms with Gasteiger partial charge in [0.25, 0.3) is 0 Å². The maximum absolute atomic E-state index is 10.8. The molecule has 0 aliphatic heterocycles. The highest BCUT2D eigenvalue weighted by molar-refractivity contribution is 5.81. The molecule has 2 heteroatoms. The van der Waals surface area contributed by atoms with Gasteiger partial charge in [-0.05, 0) is 32.1 Å². The lowest BCUT2D eigenvalue weighted by molar-refractivity contribution is -0.137. The number of allylic oxidation sites excluding steroid dienone is 2. The molecule has 0 spiro atoms. The van der Waals surface area contributed by atoms with Gasteiger partial charge in [-0.1, -0.05) is 57.8 Å². The third kappa shape index (κ3) is 14.9. The molecule has 0 aliphatic rings. The van der Waals surface area contributed by atoms with Crippen molar-refractivity contribution >= 4 is 5.97 Å². The van der Waals surface area contributed by atoms with Crippen molar-refractivity contribution in [3.8, 4) is 0 Å². The van der Waals surface area contributed by atoms with Crippen LogP contribution in [0.2, 0.25) is 0 Å². The van der Waals surface area contributed by atoms with E-state index in [1.165, 1.54) is 51.0 Å². The Balaban J connectivity index is 3.13. The Bertz CT molecular complexity index is 244. The average molecular weight is 266 g/mol. The maximum Gasteiger partial charge on any atom is 0.330 e. The van der Waals surface area contributed by atoms with Crippen LogP contribution in [0.4, 0.5) is 0 Å². The summed E-state index contributed by atoms with van der Waals surface area (Å²) in [7, 11) is 0. The molecular formula is C17H30O2. The van der Waals surface area contributed by atoms with E-state index in [1.807, 2.05) is 0 Å². The monoisotopic (exact) mass is 266 g/mol. The zero-order valence-electron chi connectivity index (χ0n) is 12.5. The summed E-state index contributed by atoms with van der Waals surface area (Å²) in [6, 6.07) is 0. The molecule has 0 unspecified atom stereocenters. The van der Waals surface area contributed by atoms with Gasteiger partial charge in [-0.3, -0.25) is 0 Å². The largest absolute Gasteiger partial charge is 0.463 e. The van der Waals surface area contributed by atoms with Crippen LogP contribution in [0.1, 0.15) is 71.1 Å². The molecule has 0 radical (unpaired) electrons. The standard InChI is InChI=1S/C17H30O2/c1-3-5-6-7-8-9-10-11-12-13-14-15-16-19-17(18)4-2/h4,11-12H,2-3,5-10,13-16H2,1H3/b12-11+. The molecule has 0 heterocycles. The highest BCUT2D eigenvalue weighted by Crippen LogP contribution is 2.07. The lowest BCUT2D eigenvalue weighted by Crippen LogP contribution is -2.01. The van der Waals surface area contributed by atoms with E-state index in [1.54, 1.807) is 0 Å². The summed E-state index contributed by atoms with van der Waals surface area (Å²) in [5.41, 5.74) is 0. The third-order valence-corrected chi connectivity index (χ3v) is 3.07. The normalized spacial score (nSPS) is 10.8. The molecule has 0 fully saturated rings. The summed E-state index contributed by atoms with van der Waals surface area (Å²) < 4.78 is 4.90. The molecule has 0 saturated heterocycles. The zero-order chi connectivity index (χ0) is 14.2. The molecule has 19 heavy (non-hydrogen) atoms. The molecule has 0 saturated carbocycles. The highest BCUT2D eigenvalue weighted by Gasteiger charge is 1.93. The van der Waals surface area contributed by atoms with E-state index >= 15 is 0 Å². The van der Waals surface area contributed by atoms with Crippen LogP contribution >= 0.6 is 0 Å². The summed E-state index contributed by atoms with van der Waals surface area (Å²) in [5.74, 6) is -0.321. The third-order valence-electron chi connectivity index (χ3n) is 3.07. The van der Waals surface area contributed by atoms with Gasteiger partial charge in [-0.2, -0.15) is 0 Å². The predicted molar refractivity (Wildman–Crippen MR) is 82.1 cm³/mol. The number of esters is 1. The van der Waals surface area contributed by atoms with Gasteiger partial charge >= 0.3 is 5.97 Å². The summed E-state index contributed by atoms with van der Waals surface area (Å²) in [6.07, 6.45) is 18.2. The molecule has 0 aliphatic carbocycles. The Morgan fingerprint density at radius 2 is 1.53 bits per heavy atom. The Labute approximate surface area is 118 Å². The van der Waals surface area contributed by atoms with Gasteiger partial charge in [0.2, 0.25) is 0 Å². The molecule has 0 rings (SSSR count). The first-order valence-corrected chi connectivity index (χ1v) is 7.75. The van der Waals surface area contributed by atoms with Crippen LogP contribution in [0, 0.1) is 0 Å². The first-order valence-electron chi connectivity index (χ1n) is 7.75. The smallest absolute Gasteiger partial charge is 0.330 e. The topological polar surface area (TPSA) is 26.3 Å². The van der Waals surface area contributed by atoms with Gasteiger partial charge in [0.15, 0.2) is 0 Å². The molecule has 2 nitrogen and oxygen atoms in total. The minimum absolute atomic E-state index is 0.321. The Morgan fingerprint density at radius 3 is 2.16 bits per heavy atom. The minimum atomic E-state index is -0.321. The number of unbranched alkanes of at least 4 members (excludes halogenated alkanes) is 8. The van der Waals surface area contributed by atoms with Crippen LogP contribution in [-0.2, 0) is 9.53 Å². The molecule has 0 bridgehead atoms. The van der Waals surface area contributed by atoms with Crippen LogP contribution in [0.3, 0.4) is 0 Å². The number of carbonyl (C=O) groups is 1. The van der Waals surface area contributed by atoms with Crippen LogP contribution in [-0.4, -0.2) is 12.6 Å². The quantitative estimate of drug-likeness (QED) is 0.198. The second kappa shape index (κ2) is 15.0. The molecule has 0 N–H and O–H groups in total. The van der Waals surface area contributed by atoms with Gasteiger partial charge in [0, 0.05) is 6.08 Å². The summed E-state index contributed by atoms with van der Waals surface area (Å²) >= 11 is 0. The molecule has 0 aromatic heterocycles. The van der Waals surface area contributed by atoms with E-state index < -0.39 is 0 Å². The summed E-state index contributed by atoms with van der Waals surface area (Å²) in [4.78, 5) is 10.8. The molecule has 0 aromatic carbocycles. The van der Waals surface area contributed by atoms with Gasteiger partial charge in [0.1, 0.15) is 0 Å². The zero-order valence-corrected chi connectivity index (χ0v) is 12.5. The Kier molecular flexibility index (Phi) is 14.2. The minimum Gasteiger partial charge on any atom is -0.463 e. The van der Waals surface area contributed by atoms with Crippen molar-refractivity contribution < 1.29 is 9.53 Å². The Morgan fingerprint density at radius 1 is 0.947 bits per heavy atom. The van der Waals surface area contributed by atoms with Crippen molar-refractivity contribution in [2.24, 2.45) is 0 Å². The van der Waals surface area contributed by atoms with Gasteiger partial charge in [-0.25, -0.2) is 4.79 Å². The van der Waals surface area contributed by atoms with E-state index in [0.29, 0.717) is 6.61 Å². The van der Waals surface area contributed by atoms with Crippen LogP contribution in [0.15, 0.2) is 24.8 Å². The second-order valence-electron chi connectivity index (χ2n) is 4.90. The van der Waals surface area contributed by atoms with E-state index in [2.05, 4.69) is 25.7 Å². The second-order valence-corrected chi connectivity index (χ2v) is 4.90. The molecule has 0 aromatic rings. The summed E-state index contributed by atoms with van der Waals surface area (Å²) in [5, 5.41) is 0. The van der Waals surface area contributed by atoms with Crippen LogP contribution in [0.25, 0.3) is 0 Å². The molecule has 0 amide bonds. The first kappa shape index (κ1) is 17.9. The fourth-order valence-corrected chi connectivity index (χ4v) is 1.87. The van der Waals surface area contributed by atoms with Crippen molar-refractivity contribution in [3.05, 3.63) is 24.8 Å². The fourth-order valence-electron chi connectivity index (χ4n) is 1.87. The molecular weight excluding hydrogens is 236 g/mol. The van der Waals surface area contributed by atoms with Crippen molar-refractivity contribution in [2.75, 3.05) is 6.61 Å². The summed E-state index contributed by atoms with van der Waals surface area (Å²) in [6.45, 7) is 6.12. The number of rotatable bonds is 13. The van der Waals surface area contributed by atoms with Crippen molar-refractivity contribution in [3.63, 3.8) is 0 Å². The van der Waals surface area contributed by atoms with E-state index in [0.717, 1.165) is 19.3 Å². The van der Waals surface area contributed by atoms with Crippen molar-refractivity contribution in [2.45, 2.75) is 71.1 Å². The van der Waals surface area contributed by atoms with Crippen molar-refractivity contribution in [1.29, 1.82) is 0 Å². The van der Waals surface area contributed by atoms with Gasteiger partial charge in [-0.15, -0.1) is 0 Å². The number of hydrogen-bond donors (Lipinski definition) is 0. The number of hydrogen-bond acceptors (Lipinski definition) is 2. The molecule has 110 valence electrons. The predicted octanol–water partition coefficient (Wildman–Crippen LogP) is 5.19. The van der Waals surface area contributed by atoms with Gasteiger partial charge in [0.05, 0.1) is 6.61 Å². The SMILES string of the molecule is C=CC(=O)OCCCC/C=C/CCCCCCCC. The van der Waals surface area contributed by atoms with Crippen LogP contribution < -0.4 is 0 Å². The average Bonchev–Trinajstić information content (AvgIpc) is 2.43.